The maximum Gasteiger partial charge on any atom is 0.222 e. The molecule has 1 rings (SSSR count). The molecule has 6 heteroatoms. The lowest BCUT2D eigenvalue weighted by molar-refractivity contribution is -0.121. The smallest absolute Gasteiger partial charge is 0.222 e. The molecule has 0 aliphatic rings. The zero-order chi connectivity index (χ0) is 15.8. The van der Waals surface area contributed by atoms with Gasteiger partial charge in [0.2, 0.25) is 5.91 Å². The minimum absolute atomic E-state index is 0.231. The molecule has 0 heterocycles. The summed E-state index contributed by atoms with van der Waals surface area (Å²) in [5.74, 6) is -0.788. The number of nitrogens with two attached hydrogens (primary N) is 2. The number of hydrogen-bond donors (Lipinski definition) is 2. The normalized spacial score (nSPS) is 13.0. The average molecular weight is 294 g/mol. The van der Waals surface area contributed by atoms with Crippen molar-refractivity contribution in [1.29, 1.82) is 0 Å². The number of nitrogens with zero attached hydrogens (tertiary/aromatic N) is 2. The van der Waals surface area contributed by atoms with Crippen LogP contribution in [0.3, 0.4) is 0 Å². The Balaban J connectivity index is 2.72. The van der Waals surface area contributed by atoms with Gasteiger partial charge >= 0.3 is 0 Å². The van der Waals surface area contributed by atoms with Gasteiger partial charge in [0.25, 0.3) is 0 Å². The fourth-order valence-electron chi connectivity index (χ4n) is 2.01. The summed E-state index contributed by atoms with van der Waals surface area (Å²) in [6.07, 6.45) is 0.421. The summed E-state index contributed by atoms with van der Waals surface area (Å²) >= 11 is 0. The maximum absolute atomic E-state index is 12.9. The molecule has 1 atom stereocenters. The van der Waals surface area contributed by atoms with Crippen LogP contribution in [0.5, 0.6) is 0 Å². The highest BCUT2D eigenvalue weighted by molar-refractivity contribution is 5.80. The van der Waals surface area contributed by atoms with Crippen molar-refractivity contribution in [2.24, 2.45) is 22.4 Å². The predicted molar refractivity (Wildman–Crippen MR) is 82.2 cm³/mol. The topological polar surface area (TPSA) is 84.7 Å². The van der Waals surface area contributed by atoms with Gasteiger partial charge in [-0.3, -0.25) is 9.79 Å². The van der Waals surface area contributed by atoms with Gasteiger partial charge in [-0.15, -0.1) is 0 Å². The third-order valence-corrected chi connectivity index (χ3v) is 3.36. The van der Waals surface area contributed by atoms with Crippen molar-refractivity contribution in [2.45, 2.75) is 20.3 Å². The van der Waals surface area contributed by atoms with E-state index >= 15 is 0 Å². The first-order valence-corrected chi connectivity index (χ1v) is 7.06. The van der Waals surface area contributed by atoms with Gasteiger partial charge in [0.15, 0.2) is 5.96 Å². The molecular weight excluding hydrogens is 271 g/mol. The number of guanidine groups is 1. The molecule has 0 aromatic heterocycles. The van der Waals surface area contributed by atoms with Gasteiger partial charge in [0.1, 0.15) is 5.82 Å². The number of carbonyl (C=O) groups excluding carboxylic acids is 1. The van der Waals surface area contributed by atoms with E-state index in [1.807, 2.05) is 18.7 Å². The van der Waals surface area contributed by atoms with Gasteiger partial charge in [-0.2, -0.15) is 0 Å². The number of aliphatic imine (C=N–C) groups is 1. The van der Waals surface area contributed by atoms with E-state index in [0.29, 0.717) is 12.4 Å². The van der Waals surface area contributed by atoms with Crippen molar-refractivity contribution < 1.29 is 9.18 Å². The zero-order valence-electron chi connectivity index (χ0n) is 12.6. The Bertz CT molecular complexity index is 483. The predicted octanol–water partition coefficient (Wildman–Crippen LogP) is 1.13. The fourth-order valence-corrected chi connectivity index (χ4v) is 2.01. The van der Waals surface area contributed by atoms with E-state index in [-0.39, 0.29) is 12.4 Å². The number of primary amides is 1. The number of carbonyl (C=O) groups is 1. The highest BCUT2D eigenvalue weighted by atomic mass is 19.1. The van der Waals surface area contributed by atoms with Crippen molar-refractivity contribution in [2.75, 3.05) is 19.6 Å². The molecule has 4 N–H and O–H groups in total. The van der Waals surface area contributed by atoms with Gasteiger partial charge in [-0.05, 0) is 38.0 Å². The van der Waals surface area contributed by atoms with Crippen molar-refractivity contribution in [3.63, 3.8) is 0 Å². The van der Waals surface area contributed by atoms with Crippen LogP contribution >= 0.6 is 0 Å². The molecule has 116 valence electrons. The Morgan fingerprint density at radius 1 is 1.24 bits per heavy atom. The fraction of sp³-hybridized carbons (Fsp3) is 0.467. The van der Waals surface area contributed by atoms with Gasteiger partial charge in [-0.25, -0.2) is 4.39 Å². The van der Waals surface area contributed by atoms with Crippen LogP contribution < -0.4 is 11.5 Å². The van der Waals surface area contributed by atoms with E-state index in [0.717, 1.165) is 18.7 Å². The van der Waals surface area contributed by atoms with Crippen molar-refractivity contribution >= 4 is 11.9 Å². The van der Waals surface area contributed by atoms with Crippen LogP contribution in [0.15, 0.2) is 29.3 Å². The van der Waals surface area contributed by atoms with Gasteiger partial charge in [0, 0.05) is 13.1 Å². The summed E-state index contributed by atoms with van der Waals surface area (Å²) in [6, 6.07) is 6.01. The minimum atomic E-state index is -0.454. The molecule has 0 saturated heterocycles. The second-order valence-corrected chi connectivity index (χ2v) is 4.80. The molecule has 0 saturated carbocycles. The van der Waals surface area contributed by atoms with E-state index < -0.39 is 11.8 Å². The van der Waals surface area contributed by atoms with Crippen molar-refractivity contribution in [1.82, 2.24) is 4.90 Å². The van der Waals surface area contributed by atoms with Crippen LogP contribution in [0.1, 0.15) is 19.4 Å². The lowest BCUT2D eigenvalue weighted by atomic mass is 9.99. The zero-order valence-corrected chi connectivity index (χ0v) is 12.6. The molecule has 0 radical (unpaired) electrons. The number of halogens is 1. The monoisotopic (exact) mass is 294 g/mol. The van der Waals surface area contributed by atoms with Crippen LogP contribution in [-0.4, -0.2) is 36.4 Å². The number of rotatable bonds is 7. The molecule has 0 spiro atoms. The largest absolute Gasteiger partial charge is 0.370 e. The van der Waals surface area contributed by atoms with Crippen LogP contribution in [0.4, 0.5) is 4.39 Å². The second kappa shape index (κ2) is 8.24. The molecular formula is C15H23FN4O. The van der Waals surface area contributed by atoms with Crippen LogP contribution in [0.25, 0.3) is 0 Å². The van der Waals surface area contributed by atoms with Gasteiger partial charge in [0.05, 0.1) is 12.5 Å². The summed E-state index contributed by atoms with van der Waals surface area (Å²) in [7, 11) is 0. The highest BCUT2D eigenvalue weighted by Crippen LogP contribution is 2.10. The number of amides is 1. The molecule has 1 amide bonds. The average Bonchev–Trinajstić information content (AvgIpc) is 2.46. The lowest BCUT2D eigenvalue weighted by Crippen LogP contribution is -2.38. The van der Waals surface area contributed by atoms with Gasteiger partial charge < -0.3 is 16.4 Å². The molecule has 5 nitrogen and oxygen atoms in total. The highest BCUT2D eigenvalue weighted by Gasteiger charge is 2.16. The molecule has 0 aliphatic carbocycles. The van der Waals surface area contributed by atoms with E-state index in [2.05, 4.69) is 4.99 Å². The first-order chi connectivity index (χ1) is 9.97. The first kappa shape index (κ1) is 16.9. The Morgan fingerprint density at radius 2 is 1.81 bits per heavy atom. The Labute approximate surface area is 124 Å². The third-order valence-electron chi connectivity index (χ3n) is 3.36. The quantitative estimate of drug-likeness (QED) is 0.584. The Morgan fingerprint density at radius 3 is 2.29 bits per heavy atom. The summed E-state index contributed by atoms with van der Waals surface area (Å²) in [5.41, 5.74) is 12.1. The first-order valence-electron chi connectivity index (χ1n) is 7.06. The Hall–Kier alpha value is -2.11. The third kappa shape index (κ3) is 5.41. The molecule has 1 aromatic carbocycles. The maximum atomic E-state index is 12.9. The number of benzene rings is 1. The van der Waals surface area contributed by atoms with E-state index in [4.69, 9.17) is 11.5 Å². The summed E-state index contributed by atoms with van der Waals surface area (Å²) in [4.78, 5) is 17.7. The molecule has 0 aliphatic heterocycles. The van der Waals surface area contributed by atoms with Crippen molar-refractivity contribution in [3.05, 3.63) is 35.6 Å². The molecule has 1 aromatic rings. The van der Waals surface area contributed by atoms with Crippen LogP contribution in [0.2, 0.25) is 0 Å². The van der Waals surface area contributed by atoms with E-state index in [1.54, 1.807) is 12.1 Å². The van der Waals surface area contributed by atoms with Crippen LogP contribution in [-0.2, 0) is 11.2 Å². The summed E-state index contributed by atoms with van der Waals surface area (Å²) < 4.78 is 12.9. The van der Waals surface area contributed by atoms with Crippen molar-refractivity contribution in [3.8, 4) is 0 Å². The standard InChI is InChI=1S/C15H23FN4O/c1-3-20(4-2)15(18)19-10-12(14(17)21)9-11-5-7-13(16)8-6-11/h5-8,12H,3-4,9-10H2,1-2H3,(H2,17,21)(H2,18,19). The Kier molecular flexibility index (Phi) is 6.65. The summed E-state index contributed by atoms with van der Waals surface area (Å²) in [5, 5.41) is 0. The van der Waals surface area contributed by atoms with Gasteiger partial charge in [-0.1, -0.05) is 12.1 Å². The van der Waals surface area contributed by atoms with E-state index in [1.165, 1.54) is 12.1 Å². The molecule has 21 heavy (non-hydrogen) atoms. The summed E-state index contributed by atoms with van der Waals surface area (Å²) in [6.45, 7) is 5.71. The lowest BCUT2D eigenvalue weighted by Gasteiger charge is -2.20. The van der Waals surface area contributed by atoms with E-state index in [9.17, 15) is 9.18 Å². The number of hydrogen-bond acceptors (Lipinski definition) is 2. The molecule has 0 bridgehead atoms. The second-order valence-electron chi connectivity index (χ2n) is 4.80. The SMILES string of the molecule is CCN(CC)C(N)=NCC(Cc1ccc(F)cc1)C(N)=O. The molecule has 1 unspecified atom stereocenters. The minimum Gasteiger partial charge on any atom is -0.370 e. The van der Waals surface area contributed by atoms with Crippen LogP contribution in [0, 0.1) is 11.7 Å². The molecule has 0 fully saturated rings.